The first-order chi connectivity index (χ1) is 12.5. The summed E-state index contributed by atoms with van der Waals surface area (Å²) < 4.78 is 0. The van der Waals surface area contributed by atoms with Crippen LogP contribution in [0.15, 0.2) is 36.5 Å². The van der Waals surface area contributed by atoms with Gasteiger partial charge < -0.3 is 14.9 Å². The maximum atomic E-state index is 12.6. The number of amides is 1. The molecule has 0 unspecified atom stereocenters. The molecule has 0 atom stereocenters. The third-order valence-electron chi connectivity index (χ3n) is 4.60. The van der Waals surface area contributed by atoms with Gasteiger partial charge in [0.1, 0.15) is 0 Å². The third kappa shape index (κ3) is 3.86. The number of halogens is 1. The smallest absolute Gasteiger partial charge is 0.337 e. The van der Waals surface area contributed by atoms with Crippen LogP contribution >= 0.6 is 11.6 Å². The number of pyridine rings is 1. The summed E-state index contributed by atoms with van der Waals surface area (Å²) in [5.41, 5.74) is 1.89. The lowest BCUT2D eigenvalue weighted by atomic mass is 10.1. The summed E-state index contributed by atoms with van der Waals surface area (Å²) in [7, 11) is 0. The number of carboxylic acids is 1. The Bertz CT molecular complexity index is 815. The van der Waals surface area contributed by atoms with Crippen LogP contribution in [-0.2, 0) is 0 Å². The number of carbonyl (C=O) groups excluding carboxylic acids is 1. The van der Waals surface area contributed by atoms with Crippen LogP contribution in [0.3, 0.4) is 0 Å². The van der Waals surface area contributed by atoms with E-state index in [1.54, 1.807) is 24.3 Å². The number of hydrogen-bond acceptors (Lipinski definition) is 4. The summed E-state index contributed by atoms with van der Waals surface area (Å²) in [5, 5.41) is 9.24. The van der Waals surface area contributed by atoms with Crippen molar-refractivity contribution in [3.63, 3.8) is 0 Å². The van der Waals surface area contributed by atoms with E-state index in [9.17, 15) is 9.59 Å². The fourth-order valence-electron chi connectivity index (χ4n) is 2.99. The minimum Gasteiger partial charge on any atom is -0.478 e. The summed E-state index contributed by atoms with van der Waals surface area (Å²) >= 11 is 6.15. The van der Waals surface area contributed by atoms with E-state index in [2.05, 4.69) is 16.8 Å². The number of piperazine rings is 1. The summed E-state index contributed by atoms with van der Waals surface area (Å²) in [4.78, 5) is 31.9. The Labute approximate surface area is 157 Å². The highest BCUT2D eigenvalue weighted by atomic mass is 35.5. The molecule has 0 bridgehead atoms. The normalized spacial score (nSPS) is 15.1. The van der Waals surface area contributed by atoms with Crippen LogP contribution in [0.25, 0.3) is 11.3 Å². The van der Waals surface area contributed by atoms with Crippen LogP contribution in [0.1, 0.15) is 27.6 Å². The molecule has 0 aliphatic carbocycles. The van der Waals surface area contributed by atoms with Crippen LogP contribution in [0, 0.1) is 0 Å². The molecule has 136 valence electrons. The van der Waals surface area contributed by atoms with Crippen molar-refractivity contribution < 1.29 is 14.7 Å². The van der Waals surface area contributed by atoms with Crippen LogP contribution in [0.2, 0.25) is 5.02 Å². The molecule has 6 nitrogen and oxygen atoms in total. The number of aromatic carboxylic acids is 1. The van der Waals surface area contributed by atoms with Gasteiger partial charge in [0.15, 0.2) is 0 Å². The van der Waals surface area contributed by atoms with Gasteiger partial charge in [-0.2, -0.15) is 0 Å². The fraction of sp³-hybridized carbons (Fsp3) is 0.316. The number of hydrogen-bond donors (Lipinski definition) is 1. The average Bonchev–Trinajstić information content (AvgIpc) is 2.67. The van der Waals surface area contributed by atoms with Gasteiger partial charge in [0.2, 0.25) is 0 Å². The van der Waals surface area contributed by atoms with Crippen molar-refractivity contribution >= 4 is 23.5 Å². The van der Waals surface area contributed by atoms with E-state index in [0.717, 1.165) is 38.3 Å². The molecule has 1 aromatic heterocycles. The fourth-order valence-corrected chi connectivity index (χ4v) is 3.26. The molecular formula is C19H20ClN3O3. The Morgan fingerprint density at radius 2 is 1.77 bits per heavy atom. The summed E-state index contributed by atoms with van der Waals surface area (Å²) in [5.74, 6) is -1.05. The van der Waals surface area contributed by atoms with Crippen molar-refractivity contribution in [2.45, 2.75) is 6.92 Å². The Balaban J connectivity index is 1.74. The molecule has 3 rings (SSSR count). The molecule has 7 heteroatoms. The maximum Gasteiger partial charge on any atom is 0.337 e. The van der Waals surface area contributed by atoms with Crippen molar-refractivity contribution in [2.75, 3.05) is 32.7 Å². The third-order valence-corrected chi connectivity index (χ3v) is 4.89. The number of likely N-dealkylation sites (N-methyl/N-ethyl adjacent to an activating group) is 1. The summed E-state index contributed by atoms with van der Waals surface area (Å²) in [6, 6.07) is 8.45. The molecule has 1 fully saturated rings. The SMILES string of the molecule is CCN1CCN(C(=O)c2ccc(-c3ncc(C(=O)O)cc3Cl)cc2)CC1. The molecule has 1 aromatic carbocycles. The zero-order valence-electron chi connectivity index (χ0n) is 14.5. The predicted molar refractivity (Wildman–Crippen MR) is 99.7 cm³/mol. The second kappa shape index (κ2) is 7.85. The molecule has 1 saturated heterocycles. The van der Waals surface area contributed by atoms with Gasteiger partial charge in [-0.1, -0.05) is 30.7 Å². The van der Waals surface area contributed by atoms with Crippen molar-refractivity contribution in [3.8, 4) is 11.3 Å². The first-order valence-electron chi connectivity index (χ1n) is 8.50. The number of carboxylic acid groups (broad SMARTS) is 1. The topological polar surface area (TPSA) is 73.7 Å². The second-order valence-electron chi connectivity index (χ2n) is 6.16. The van der Waals surface area contributed by atoms with E-state index in [-0.39, 0.29) is 16.5 Å². The second-order valence-corrected chi connectivity index (χ2v) is 6.57. The number of nitrogens with zero attached hydrogens (tertiary/aromatic N) is 3. The minimum absolute atomic E-state index is 0.0209. The van der Waals surface area contributed by atoms with E-state index in [1.165, 1.54) is 12.3 Å². The van der Waals surface area contributed by atoms with Crippen LogP contribution in [0.5, 0.6) is 0 Å². The number of benzene rings is 1. The standard InChI is InChI=1S/C19H20ClN3O3/c1-2-22-7-9-23(10-8-22)18(24)14-5-3-13(4-6-14)17-16(20)11-15(12-21-17)19(25)26/h3-6,11-12H,2,7-10H2,1H3,(H,25,26). The van der Waals surface area contributed by atoms with Crippen LogP contribution in [-0.4, -0.2) is 64.5 Å². The molecule has 1 N–H and O–H groups in total. The van der Waals surface area contributed by atoms with Crippen molar-refractivity contribution in [1.82, 2.24) is 14.8 Å². The first-order valence-corrected chi connectivity index (χ1v) is 8.88. The lowest BCUT2D eigenvalue weighted by Gasteiger charge is -2.34. The van der Waals surface area contributed by atoms with E-state index in [1.807, 2.05) is 4.90 Å². The summed E-state index contributed by atoms with van der Waals surface area (Å²) in [6.45, 7) is 6.39. The quantitative estimate of drug-likeness (QED) is 0.892. The zero-order chi connectivity index (χ0) is 18.7. The molecule has 0 spiro atoms. The first kappa shape index (κ1) is 18.4. The van der Waals surface area contributed by atoms with Gasteiger partial charge >= 0.3 is 5.97 Å². The molecule has 26 heavy (non-hydrogen) atoms. The monoisotopic (exact) mass is 373 g/mol. The van der Waals surface area contributed by atoms with Crippen molar-refractivity contribution in [2.24, 2.45) is 0 Å². The lowest BCUT2D eigenvalue weighted by Crippen LogP contribution is -2.48. The van der Waals surface area contributed by atoms with Gasteiger partial charge in [0, 0.05) is 43.5 Å². The van der Waals surface area contributed by atoms with Gasteiger partial charge in [-0.05, 0) is 24.7 Å². The lowest BCUT2D eigenvalue weighted by molar-refractivity contribution is 0.0642. The van der Waals surface area contributed by atoms with Gasteiger partial charge in [-0.15, -0.1) is 0 Å². The molecule has 2 aromatic rings. The molecule has 1 aliphatic heterocycles. The molecule has 1 aliphatic rings. The molecule has 0 radical (unpaired) electrons. The van der Waals surface area contributed by atoms with Crippen LogP contribution in [0.4, 0.5) is 0 Å². The Kier molecular flexibility index (Phi) is 5.54. The molecule has 0 saturated carbocycles. The zero-order valence-corrected chi connectivity index (χ0v) is 15.2. The van der Waals surface area contributed by atoms with E-state index in [4.69, 9.17) is 16.7 Å². The highest BCUT2D eigenvalue weighted by Crippen LogP contribution is 2.27. The van der Waals surface area contributed by atoms with E-state index in [0.29, 0.717) is 11.3 Å². The Morgan fingerprint density at radius 1 is 1.12 bits per heavy atom. The molecule has 2 heterocycles. The van der Waals surface area contributed by atoms with Gasteiger partial charge in [-0.25, -0.2) is 4.79 Å². The number of carbonyl (C=O) groups is 2. The largest absolute Gasteiger partial charge is 0.478 e. The van der Waals surface area contributed by atoms with Gasteiger partial charge in [-0.3, -0.25) is 9.78 Å². The summed E-state index contributed by atoms with van der Waals surface area (Å²) in [6.07, 6.45) is 1.27. The highest BCUT2D eigenvalue weighted by Gasteiger charge is 2.21. The van der Waals surface area contributed by atoms with E-state index < -0.39 is 5.97 Å². The Hall–Kier alpha value is -2.44. The van der Waals surface area contributed by atoms with Crippen molar-refractivity contribution in [3.05, 3.63) is 52.7 Å². The molecular weight excluding hydrogens is 354 g/mol. The highest BCUT2D eigenvalue weighted by molar-refractivity contribution is 6.33. The minimum atomic E-state index is -1.07. The van der Waals surface area contributed by atoms with E-state index >= 15 is 0 Å². The van der Waals surface area contributed by atoms with Crippen molar-refractivity contribution in [1.29, 1.82) is 0 Å². The number of aromatic nitrogens is 1. The molecule has 1 amide bonds. The van der Waals surface area contributed by atoms with Gasteiger partial charge in [0.05, 0.1) is 16.3 Å². The Morgan fingerprint density at radius 3 is 2.31 bits per heavy atom. The van der Waals surface area contributed by atoms with Crippen LogP contribution < -0.4 is 0 Å². The van der Waals surface area contributed by atoms with Gasteiger partial charge in [0.25, 0.3) is 5.91 Å². The maximum absolute atomic E-state index is 12.6. The number of rotatable bonds is 4. The average molecular weight is 374 g/mol. The predicted octanol–water partition coefficient (Wildman–Crippen LogP) is 2.88.